The van der Waals surface area contributed by atoms with E-state index in [-0.39, 0.29) is 16.7 Å². The molecule has 1 aliphatic carbocycles. The highest BCUT2D eigenvalue weighted by Crippen LogP contribution is 2.55. The van der Waals surface area contributed by atoms with Gasteiger partial charge in [-0.25, -0.2) is 0 Å². The first-order valence-electron chi connectivity index (χ1n) is 29.6. The van der Waals surface area contributed by atoms with Crippen LogP contribution >= 0.6 is 0 Å². The zero-order chi connectivity index (χ0) is 59.1. The van der Waals surface area contributed by atoms with Crippen molar-refractivity contribution < 1.29 is 0 Å². The van der Waals surface area contributed by atoms with E-state index in [4.69, 9.17) is 13.2 Å². The van der Waals surface area contributed by atoms with Crippen molar-refractivity contribution in [2.75, 3.05) is 19.6 Å². The first kappa shape index (κ1) is 56.9. The van der Waals surface area contributed by atoms with Crippen LogP contribution in [0.1, 0.15) is 59.6 Å². The first-order chi connectivity index (χ1) is 41.2. The lowest BCUT2D eigenvalue weighted by atomic mass is 9.62. The Morgan fingerprint density at radius 1 is 0.306 bits per heavy atom. The molecule has 11 rings (SSSR count). The Labute approximate surface area is 505 Å². The van der Waals surface area contributed by atoms with E-state index in [1.165, 1.54) is 11.1 Å². The Hall–Kier alpha value is -9.90. The fraction of sp³-hybridized carbons (Fsp3) is 0.136. The van der Waals surface area contributed by atoms with Gasteiger partial charge in [-0.05, 0) is 178 Å². The molecule has 0 aliphatic heterocycles. The third-order valence-corrected chi connectivity index (χ3v) is 16.2. The Bertz CT molecular complexity index is 3420. The van der Waals surface area contributed by atoms with Crippen molar-refractivity contribution in [3.63, 3.8) is 0 Å². The van der Waals surface area contributed by atoms with Crippen LogP contribution in [-0.2, 0) is 5.41 Å². The Morgan fingerprint density at radius 2 is 0.541 bits per heavy atom. The fourth-order valence-corrected chi connectivity index (χ4v) is 12.1. The molecule has 0 saturated carbocycles. The number of anilines is 12. The fourth-order valence-electron chi connectivity index (χ4n) is 12.1. The number of hydrogen-bond acceptors (Lipinski definition) is 4. The molecule has 10 aromatic rings. The molecule has 0 heterocycles. The summed E-state index contributed by atoms with van der Waals surface area (Å²) in [6.07, 6.45) is 9.53. The Kier molecular flexibility index (Phi) is 16.4. The third kappa shape index (κ3) is 12.0. The number of rotatable bonds is 14. The second kappa shape index (κ2) is 24.5. The van der Waals surface area contributed by atoms with Crippen LogP contribution in [0.3, 0.4) is 0 Å². The monoisotopic (exact) mass is 1100 g/mol. The van der Waals surface area contributed by atoms with Gasteiger partial charge in [0, 0.05) is 68.2 Å². The first-order valence-corrected chi connectivity index (χ1v) is 29.6. The molecule has 0 amide bonds. The minimum Gasteiger partial charge on any atom is -0.310 e. The smallest absolute Gasteiger partial charge is 0.0693 e. The van der Waals surface area contributed by atoms with Crippen molar-refractivity contribution in [2.24, 2.45) is 16.7 Å². The van der Waals surface area contributed by atoms with Gasteiger partial charge in [-0.1, -0.05) is 237 Å². The van der Waals surface area contributed by atoms with Gasteiger partial charge >= 0.3 is 0 Å². The molecule has 4 heteroatoms. The van der Waals surface area contributed by atoms with Gasteiger partial charge in [0.05, 0.1) is 5.41 Å². The van der Waals surface area contributed by atoms with Crippen LogP contribution in [0.25, 0.3) is 0 Å². The molecule has 0 bridgehead atoms. The molecule has 4 nitrogen and oxygen atoms in total. The van der Waals surface area contributed by atoms with E-state index in [1.807, 2.05) is 0 Å². The molecule has 0 fully saturated rings. The molecule has 1 atom stereocenters. The van der Waals surface area contributed by atoms with E-state index < -0.39 is 5.41 Å². The van der Waals surface area contributed by atoms with Crippen molar-refractivity contribution in [3.8, 4) is 0 Å². The standard InChI is InChI=1S/C81H76N4/c1-60-50-51-63(79(4,5)6)52-61(2)81(62(3)53-78(60)80(7,8)9,64-54-74(82(66-34-18-10-19-35-66)67-36-20-11-21-37-67)58-75(55-64)83(68-38-22-12-23-39-68)69-40-24-13-25-41-69)65-56-76(84(70-42-26-14-27-43-70)71-44-28-15-29-45-71)59-77(57-65)85(72-46-30-16-31-47-72)73-48-32-17-33-49-73/h10-60H,2-3H2,1,4-9H3/b51-50-,63-52+,78-53+. The van der Waals surface area contributed by atoms with Gasteiger partial charge in [-0.15, -0.1) is 0 Å². The van der Waals surface area contributed by atoms with Crippen LogP contribution in [0.5, 0.6) is 0 Å². The molecule has 85 heavy (non-hydrogen) atoms. The van der Waals surface area contributed by atoms with E-state index in [9.17, 15) is 0 Å². The van der Waals surface area contributed by atoms with Gasteiger partial charge in [0.15, 0.2) is 0 Å². The van der Waals surface area contributed by atoms with Crippen LogP contribution in [-0.4, -0.2) is 0 Å². The highest BCUT2D eigenvalue weighted by molar-refractivity contribution is 5.88. The molecular formula is C81H76N4. The van der Waals surface area contributed by atoms with E-state index in [0.717, 1.165) is 90.5 Å². The number of hydrogen-bond donors (Lipinski definition) is 0. The molecule has 1 unspecified atom stereocenters. The van der Waals surface area contributed by atoms with Gasteiger partial charge in [0.1, 0.15) is 0 Å². The van der Waals surface area contributed by atoms with Crippen LogP contribution in [0.2, 0.25) is 0 Å². The van der Waals surface area contributed by atoms with Gasteiger partial charge in [-0.2, -0.15) is 0 Å². The molecule has 0 radical (unpaired) electrons. The average molecular weight is 1110 g/mol. The summed E-state index contributed by atoms with van der Waals surface area (Å²) < 4.78 is 0. The molecule has 0 aromatic heterocycles. The second-order valence-electron chi connectivity index (χ2n) is 24.1. The van der Waals surface area contributed by atoms with E-state index >= 15 is 0 Å². The van der Waals surface area contributed by atoms with Crippen molar-refractivity contribution in [3.05, 3.63) is 350 Å². The Morgan fingerprint density at radius 3 is 0.765 bits per heavy atom. The number of para-hydroxylation sites is 8. The predicted octanol–water partition coefficient (Wildman–Crippen LogP) is 23.1. The van der Waals surface area contributed by atoms with Crippen LogP contribution in [0, 0.1) is 16.7 Å². The average Bonchev–Trinajstić information content (AvgIpc) is 2.43. The lowest BCUT2D eigenvalue weighted by Gasteiger charge is -2.42. The SMILES string of the molecule is C=C1/C=C(C(C)(C)C)\C=C/C(C)/C(C(C)(C)C)=C\C(=C)C1(c1cc(N(c2ccccc2)c2ccccc2)cc(N(c2ccccc2)c2ccccc2)c1)c1cc(N(c2ccccc2)c2ccccc2)cc(N(c2ccccc2)c2ccccc2)c1. The summed E-state index contributed by atoms with van der Waals surface area (Å²) in [6.45, 7) is 27.1. The molecule has 0 N–H and O–H groups in total. The minimum absolute atomic E-state index is 0.0620. The van der Waals surface area contributed by atoms with Crippen molar-refractivity contribution in [1.82, 2.24) is 0 Å². The summed E-state index contributed by atoms with van der Waals surface area (Å²) in [6, 6.07) is 100. The normalized spacial score (nSPS) is 16.0. The van der Waals surface area contributed by atoms with Crippen LogP contribution < -0.4 is 19.6 Å². The molecular weight excluding hydrogens is 1030 g/mol. The van der Waals surface area contributed by atoms with E-state index in [2.05, 4.69) is 371 Å². The summed E-state index contributed by atoms with van der Waals surface area (Å²) in [5, 5.41) is 0. The van der Waals surface area contributed by atoms with Gasteiger partial charge in [0.25, 0.3) is 0 Å². The maximum Gasteiger partial charge on any atom is 0.0693 e. The number of benzene rings is 10. The maximum atomic E-state index is 5.45. The largest absolute Gasteiger partial charge is 0.310 e. The van der Waals surface area contributed by atoms with Gasteiger partial charge < -0.3 is 19.6 Å². The lowest BCUT2D eigenvalue weighted by molar-refractivity contribution is 0.459. The molecule has 0 spiro atoms. The zero-order valence-corrected chi connectivity index (χ0v) is 50.1. The van der Waals surface area contributed by atoms with E-state index in [0.29, 0.717) is 0 Å². The van der Waals surface area contributed by atoms with Crippen LogP contribution in [0.15, 0.2) is 339 Å². The highest BCUT2D eigenvalue weighted by atomic mass is 15.2. The number of allylic oxidation sites excluding steroid dienone is 8. The summed E-state index contributed by atoms with van der Waals surface area (Å²) in [7, 11) is 0. The summed E-state index contributed by atoms with van der Waals surface area (Å²) >= 11 is 0. The highest BCUT2D eigenvalue weighted by Gasteiger charge is 2.43. The van der Waals surface area contributed by atoms with Crippen molar-refractivity contribution in [2.45, 2.75) is 53.9 Å². The van der Waals surface area contributed by atoms with Gasteiger partial charge in [0.2, 0.25) is 0 Å². The third-order valence-electron chi connectivity index (χ3n) is 16.2. The van der Waals surface area contributed by atoms with Gasteiger partial charge in [-0.3, -0.25) is 0 Å². The second-order valence-corrected chi connectivity index (χ2v) is 24.1. The minimum atomic E-state index is -1.19. The number of nitrogens with zero attached hydrogens (tertiary/aromatic N) is 4. The van der Waals surface area contributed by atoms with E-state index in [1.54, 1.807) is 0 Å². The van der Waals surface area contributed by atoms with Crippen LogP contribution in [0.4, 0.5) is 68.2 Å². The predicted molar refractivity (Wildman–Crippen MR) is 364 cm³/mol. The molecule has 1 aliphatic rings. The topological polar surface area (TPSA) is 13.0 Å². The van der Waals surface area contributed by atoms with Crippen molar-refractivity contribution in [1.29, 1.82) is 0 Å². The summed E-state index contributed by atoms with van der Waals surface area (Å²) in [5.74, 6) is 0.0620. The summed E-state index contributed by atoms with van der Waals surface area (Å²) in [5.41, 5.74) is 16.5. The lowest BCUT2D eigenvalue weighted by Crippen LogP contribution is -2.33. The maximum absolute atomic E-state index is 5.45. The van der Waals surface area contributed by atoms with Crippen molar-refractivity contribution >= 4 is 68.2 Å². The molecule has 10 aromatic carbocycles. The zero-order valence-electron chi connectivity index (χ0n) is 50.1. The summed E-state index contributed by atoms with van der Waals surface area (Å²) in [4.78, 5) is 9.55. The molecule has 420 valence electrons. The molecule has 0 saturated heterocycles. The quantitative estimate of drug-likeness (QED) is 0.108. The Balaban J connectivity index is 1.37.